The van der Waals surface area contributed by atoms with Crippen molar-refractivity contribution in [3.05, 3.63) is 46.6 Å². The van der Waals surface area contributed by atoms with Crippen LogP contribution in [0, 0.1) is 0 Å². The largest absolute Gasteiger partial charge is 0.508 e. The van der Waals surface area contributed by atoms with Crippen LogP contribution in [-0.4, -0.2) is 155 Å². The lowest BCUT2D eigenvalue weighted by Gasteiger charge is -2.46. The van der Waals surface area contributed by atoms with Crippen LogP contribution < -0.4 is 10.2 Å². The Balaban J connectivity index is 1.37. The minimum atomic E-state index is -2.04. The highest BCUT2D eigenvalue weighted by Crippen LogP contribution is 2.38. The van der Waals surface area contributed by atoms with Gasteiger partial charge in [0.05, 0.1) is 18.8 Å². The van der Waals surface area contributed by atoms with Crippen LogP contribution in [-0.2, 0) is 23.7 Å². The first-order valence-corrected chi connectivity index (χ1v) is 16.2. The molecule has 3 aliphatic rings. The van der Waals surface area contributed by atoms with Crippen molar-refractivity contribution >= 4 is 11.0 Å². The van der Waals surface area contributed by atoms with Crippen molar-refractivity contribution in [1.29, 1.82) is 0 Å². The van der Waals surface area contributed by atoms with Gasteiger partial charge in [-0.1, -0.05) is 0 Å². The summed E-state index contributed by atoms with van der Waals surface area (Å²) >= 11 is 0. The van der Waals surface area contributed by atoms with Crippen molar-refractivity contribution in [2.75, 3.05) is 6.61 Å². The Bertz CT molecular complexity index is 1770. The summed E-state index contributed by atoms with van der Waals surface area (Å²) in [4.78, 5) is 13.9. The Hall–Kier alpha value is -3.67. The van der Waals surface area contributed by atoms with E-state index in [-0.39, 0.29) is 22.7 Å². The fourth-order valence-corrected chi connectivity index (χ4v) is 6.21. The highest BCUT2D eigenvalue weighted by Gasteiger charge is 2.52. The van der Waals surface area contributed by atoms with Crippen LogP contribution in [0.5, 0.6) is 23.0 Å². The molecule has 286 valence electrons. The smallest absolute Gasteiger partial charge is 0.239 e. The molecule has 0 bridgehead atoms. The number of aliphatic hydroxyl groups excluding tert-OH is 8. The summed E-state index contributed by atoms with van der Waals surface area (Å²) < 4.78 is 40.0. The average Bonchev–Trinajstić information content (AvgIpc) is 3.10. The molecule has 0 radical (unpaired) electrons. The summed E-state index contributed by atoms with van der Waals surface area (Å²) in [7, 11) is 0. The fourth-order valence-electron chi connectivity index (χ4n) is 6.21. The standard InChI is InChI=1S/C33H40O19/c1-10-19(37)23(41)25(43)31(47-10)46-9-17-21(39)29(51-32-26(44)24(42)20(38)11(2)48-32)27(45)33(50-17)52-30-22(40)18-15(36)7-14(35)8-16(18)49-28(30)12-3-5-13(34)6-4-12/h3-8,10-11,17,19-21,23-27,29,31-39,41-45H,9H2,1-2H3. The molecule has 0 saturated carbocycles. The van der Waals surface area contributed by atoms with Gasteiger partial charge in [-0.05, 0) is 38.1 Å². The Morgan fingerprint density at radius 1 is 0.654 bits per heavy atom. The van der Waals surface area contributed by atoms with Crippen LogP contribution in [0.2, 0.25) is 0 Å². The van der Waals surface area contributed by atoms with Crippen molar-refractivity contribution in [1.82, 2.24) is 0 Å². The molecule has 6 rings (SSSR count). The molecule has 3 saturated heterocycles. The molecule has 15 atom stereocenters. The third-order valence-electron chi connectivity index (χ3n) is 9.26. The summed E-state index contributed by atoms with van der Waals surface area (Å²) in [6.45, 7) is 2.11. The molecular weight excluding hydrogens is 700 g/mol. The fraction of sp³-hybridized carbons (Fsp3) is 0.545. The molecule has 3 aromatic rings. The molecule has 4 heterocycles. The highest BCUT2D eigenvalue weighted by molar-refractivity contribution is 5.88. The van der Waals surface area contributed by atoms with E-state index in [2.05, 4.69) is 0 Å². The number of phenols is 3. The third-order valence-corrected chi connectivity index (χ3v) is 9.26. The van der Waals surface area contributed by atoms with E-state index in [0.29, 0.717) is 0 Å². The first-order chi connectivity index (χ1) is 24.6. The van der Waals surface area contributed by atoms with E-state index in [9.17, 15) is 61.0 Å². The number of ether oxygens (including phenoxy) is 6. The molecule has 19 nitrogen and oxygen atoms in total. The van der Waals surface area contributed by atoms with Gasteiger partial charge in [0.2, 0.25) is 17.5 Å². The molecule has 52 heavy (non-hydrogen) atoms. The third kappa shape index (κ3) is 7.16. The number of aliphatic hydroxyl groups is 8. The second kappa shape index (κ2) is 15.0. The van der Waals surface area contributed by atoms with Crippen LogP contribution in [0.25, 0.3) is 22.3 Å². The number of fused-ring (bicyclic) bond motifs is 1. The number of hydrogen-bond donors (Lipinski definition) is 11. The highest BCUT2D eigenvalue weighted by atomic mass is 16.7. The van der Waals surface area contributed by atoms with Gasteiger partial charge in [-0.25, -0.2) is 0 Å². The average molecular weight is 741 g/mol. The molecule has 0 spiro atoms. The van der Waals surface area contributed by atoms with Crippen LogP contribution in [0.1, 0.15) is 13.8 Å². The molecule has 1 aromatic heterocycles. The van der Waals surface area contributed by atoms with Gasteiger partial charge in [0.25, 0.3) is 0 Å². The summed E-state index contributed by atoms with van der Waals surface area (Å²) in [5.74, 6) is -2.24. The van der Waals surface area contributed by atoms with E-state index in [1.807, 2.05) is 0 Å². The van der Waals surface area contributed by atoms with Gasteiger partial charge in [0.15, 0.2) is 18.3 Å². The van der Waals surface area contributed by atoms with E-state index in [0.717, 1.165) is 12.1 Å². The van der Waals surface area contributed by atoms with Crippen LogP contribution in [0.15, 0.2) is 45.6 Å². The number of rotatable bonds is 8. The zero-order valence-electron chi connectivity index (χ0n) is 27.5. The summed E-state index contributed by atoms with van der Waals surface area (Å²) in [5, 5.41) is 115. The maximum atomic E-state index is 13.9. The lowest BCUT2D eigenvalue weighted by Crippen LogP contribution is -2.65. The minimum Gasteiger partial charge on any atom is -0.508 e. The SMILES string of the molecule is CC1OC(OCC2OC(Oc3c(-c4ccc(O)cc4)oc4cc(O)cc(O)c4c3=O)C(O)C(OC3OC(C)C(O)C(O)C3O)C2O)C(O)C(O)C1O. The van der Waals surface area contributed by atoms with Gasteiger partial charge in [-0.15, -0.1) is 0 Å². The molecular formula is C33H40O19. The minimum absolute atomic E-state index is 0.143. The Morgan fingerprint density at radius 2 is 1.25 bits per heavy atom. The summed E-state index contributed by atoms with van der Waals surface area (Å²) in [5.41, 5.74) is -1.13. The van der Waals surface area contributed by atoms with E-state index in [1.54, 1.807) is 0 Å². The maximum absolute atomic E-state index is 13.9. The van der Waals surface area contributed by atoms with Crippen LogP contribution in [0.3, 0.4) is 0 Å². The van der Waals surface area contributed by atoms with Crippen molar-refractivity contribution in [3.8, 4) is 34.3 Å². The van der Waals surface area contributed by atoms with E-state index < -0.39 is 127 Å². The Kier molecular flexibility index (Phi) is 11.0. The van der Waals surface area contributed by atoms with Crippen molar-refractivity contribution in [2.24, 2.45) is 0 Å². The Labute approximate surface area is 293 Å². The predicted molar refractivity (Wildman–Crippen MR) is 170 cm³/mol. The lowest BCUT2D eigenvalue weighted by molar-refractivity contribution is -0.355. The molecule has 0 aliphatic carbocycles. The van der Waals surface area contributed by atoms with E-state index in [1.165, 1.54) is 38.1 Å². The zero-order valence-corrected chi connectivity index (χ0v) is 27.5. The second-order valence-electron chi connectivity index (χ2n) is 12.9. The second-order valence-corrected chi connectivity index (χ2v) is 12.9. The topological polar surface area (TPSA) is 308 Å². The molecule has 0 amide bonds. The number of benzene rings is 2. The van der Waals surface area contributed by atoms with Crippen molar-refractivity contribution < 1.29 is 89.0 Å². The summed E-state index contributed by atoms with van der Waals surface area (Å²) in [6, 6.07) is 7.17. The molecule has 3 aliphatic heterocycles. The first kappa shape index (κ1) is 38.1. The molecule has 3 fully saturated rings. The Morgan fingerprint density at radius 3 is 1.88 bits per heavy atom. The van der Waals surface area contributed by atoms with Gasteiger partial charge in [-0.2, -0.15) is 0 Å². The number of aromatic hydroxyl groups is 3. The lowest BCUT2D eigenvalue weighted by atomic mass is 9.97. The van der Waals surface area contributed by atoms with Crippen molar-refractivity contribution in [3.63, 3.8) is 0 Å². The van der Waals surface area contributed by atoms with E-state index in [4.69, 9.17) is 32.8 Å². The van der Waals surface area contributed by atoms with Gasteiger partial charge in [0.1, 0.15) is 89.3 Å². The van der Waals surface area contributed by atoms with Gasteiger partial charge in [0, 0.05) is 17.7 Å². The number of hydrogen-bond acceptors (Lipinski definition) is 19. The summed E-state index contributed by atoms with van der Waals surface area (Å²) in [6.07, 6.45) is -24.7. The normalized spacial score (nSPS) is 38.3. The molecule has 11 N–H and O–H groups in total. The van der Waals surface area contributed by atoms with E-state index >= 15 is 0 Å². The maximum Gasteiger partial charge on any atom is 0.239 e. The first-order valence-electron chi connectivity index (χ1n) is 16.2. The van der Waals surface area contributed by atoms with Gasteiger partial charge in [-0.3, -0.25) is 4.79 Å². The van der Waals surface area contributed by atoms with Crippen LogP contribution >= 0.6 is 0 Å². The van der Waals surface area contributed by atoms with Gasteiger partial charge >= 0.3 is 0 Å². The molecule has 19 heteroatoms. The van der Waals surface area contributed by atoms with Crippen LogP contribution in [0.4, 0.5) is 0 Å². The van der Waals surface area contributed by atoms with Gasteiger partial charge < -0.3 is 89.0 Å². The zero-order chi connectivity index (χ0) is 37.8. The predicted octanol–water partition coefficient (Wildman–Crippen LogP) is -2.54. The molecule has 2 aromatic carbocycles. The monoisotopic (exact) mass is 740 g/mol. The molecule has 15 unspecified atom stereocenters. The quantitative estimate of drug-likeness (QED) is 0.113. The van der Waals surface area contributed by atoms with Crippen molar-refractivity contribution in [2.45, 2.75) is 106 Å². The number of phenolic OH excluding ortho intramolecular Hbond substituents is 3.